The fraction of sp³-hybridized carbons (Fsp3) is 0.435. The van der Waals surface area contributed by atoms with Gasteiger partial charge in [-0.1, -0.05) is 23.5 Å². The van der Waals surface area contributed by atoms with Crippen molar-refractivity contribution in [2.24, 2.45) is 5.92 Å². The smallest absolute Gasteiger partial charge is 0.279 e. The van der Waals surface area contributed by atoms with Gasteiger partial charge in [0.15, 0.2) is 0 Å². The van der Waals surface area contributed by atoms with E-state index in [1.807, 2.05) is 48.5 Å². The van der Waals surface area contributed by atoms with Crippen molar-refractivity contribution < 1.29 is 19.3 Å². The molecule has 0 bridgehead atoms. The highest BCUT2D eigenvalue weighted by molar-refractivity contribution is 7.20. The van der Waals surface area contributed by atoms with Crippen LogP contribution in [-0.4, -0.2) is 61.1 Å². The van der Waals surface area contributed by atoms with Crippen LogP contribution in [0.2, 0.25) is 0 Å². The van der Waals surface area contributed by atoms with E-state index in [-0.39, 0.29) is 6.61 Å². The van der Waals surface area contributed by atoms with Crippen LogP contribution in [0.25, 0.3) is 10.2 Å². The quantitative estimate of drug-likeness (QED) is 0.412. The van der Waals surface area contributed by atoms with Crippen LogP contribution >= 0.6 is 11.3 Å². The molecule has 4 rings (SSSR count). The number of benzene rings is 2. The summed E-state index contributed by atoms with van der Waals surface area (Å²) in [7, 11) is 0. The number of aliphatic hydroxyl groups is 1. The van der Waals surface area contributed by atoms with Gasteiger partial charge in [0.1, 0.15) is 18.1 Å². The van der Waals surface area contributed by atoms with Crippen molar-refractivity contribution in [3.8, 4) is 16.7 Å². The van der Waals surface area contributed by atoms with Gasteiger partial charge in [0, 0.05) is 19.6 Å². The molecular weight excluding hydrogens is 400 g/mol. The Bertz CT molecular complexity index is 878. The Morgan fingerprint density at radius 2 is 1.73 bits per heavy atom. The Kier molecular flexibility index (Phi) is 7.53. The minimum absolute atomic E-state index is 0.0738. The van der Waals surface area contributed by atoms with E-state index >= 15 is 0 Å². The summed E-state index contributed by atoms with van der Waals surface area (Å²) in [5.74, 6) is 2.40. The molecule has 160 valence electrons. The van der Waals surface area contributed by atoms with Crippen molar-refractivity contribution >= 4 is 21.6 Å². The lowest BCUT2D eigenvalue weighted by Gasteiger charge is -2.22. The Hall–Kier alpha value is -2.19. The van der Waals surface area contributed by atoms with Gasteiger partial charge < -0.3 is 19.3 Å². The van der Waals surface area contributed by atoms with E-state index < -0.39 is 0 Å². The molecule has 0 spiro atoms. The number of thiazole rings is 1. The van der Waals surface area contributed by atoms with E-state index in [4.69, 9.17) is 19.3 Å². The Labute approximate surface area is 181 Å². The number of aromatic nitrogens is 1. The summed E-state index contributed by atoms with van der Waals surface area (Å²) < 4.78 is 18.3. The molecular formula is C23H28N2O4S. The van der Waals surface area contributed by atoms with Crippen LogP contribution in [0.15, 0.2) is 48.5 Å². The fourth-order valence-corrected chi connectivity index (χ4v) is 4.05. The van der Waals surface area contributed by atoms with Crippen molar-refractivity contribution in [3.05, 3.63) is 48.5 Å². The maximum atomic E-state index is 8.82. The molecule has 0 atom stereocenters. The second kappa shape index (κ2) is 10.7. The SMILES string of the molecule is OCCOCCN(CCOc1ccc(Oc2nc3ccccc3s2)cc1)CC1CC1. The molecule has 0 radical (unpaired) electrons. The number of hydrogen-bond donors (Lipinski definition) is 1. The topological polar surface area (TPSA) is 64.1 Å². The second-order valence-corrected chi connectivity index (χ2v) is 8.44. The number of fused-ring (bicyclic) bond motifs is 1. The number of ether oxygens (including phenoxy) is 3. The van der Waals surface area contributed by atoms with Gasteiger partial charge in [-0.2, -0.15) is 0 Å². The monoisotopic (exact) mass is 428 g/mol. The first-order valence-corrected chi connectivity index (χ1v) is 11.3. The standard InChI is InChI=1S/C23H28N2O4S/c26-13-16-27-14-11-25(17-18-5-6-18)12-15-28-19-7-9-20(10-8-19)29-23-24-21-3-1-2-4-22(21)30-23/h1-4,7-10,18,26H,5-6,11-17H2. The van der Waals surface area contributed by atoms with Crippen molar-refractivity contribution in [2.75, 3.05) is 46.1 Å². The zero-order valence-corrected chi connectivity index (χ0v) is 17.9. The van der Waals surface area contributed by atoms with Crippen molar-refractivity contribution in [2.45, 2.75) is 12.8 Å². The number of aliphatic hydroxyl groups excluding tert-OH is 1. The summed E-state index contributed by atoms with van der Waals surface area (Å²) in [5, 5.41) is 9.46. The molecule has 0 unspecified atom stereocenters. The van der Waals surface area contributed by atoms with Gasteiger partial charge in [0.25, 0.3) is 5.19 Å². The van der Waals surface area contributed by atoms with Crippen LogP contribution in [0.1, 0.15) is 12.8 Å². The molecule has 30 heavy (non-hydrogen) atoms. The lowest BCUT2D eigenvalue weighted by Crippen LogP contribution is -2.33. The van der Waals surface area contributed by atoms with Gasteiger partial charge in [0.05, 0.1) is 30.0 Å². The number of nitrogens with zero attached hydrogens (tertiary/aromatic N) is 2. The highest BCUT2D eigenvalue weighted by atomic mass is 32.1. The Balaban J connectivity index is 1.23. The lowest BCUT2D eigenvalue weighted by molar-refractivity contribution is 0.0693. The predicted octanol–water partition coefficient (Wildman–Crippen LogP) is 4.19. The minimum atomic E-state index is 0.0738. The summed E-state index contributed by atoms with van der Waals surface area (Å²) in [5.41, 5.74) is 0.954. The van der Waals surface area contributed by atoms with E-state index in [2.05, 4.69) is 9.88 Å². The first kappa shape index (κ1) is 21.1. The molecule has 0 amide bonds. The summed E-state index contributed by atoms with van der Waals surface area (Å²) >= 11 is 1.54. The third kappa shape index (κ3) is 6.40. The van der Waals surface area contributed by atoms with Crippen molar-refractivity contribution in [1.29, 1.82) is 0 Å². The number of rotatable bonds is 13. The maximum absolute atomic E-state index is 8.82. The fourth-order valence-electron chi connectivity index (χ4n) is 3.21. The Morgan fingerprint density at radius 3 is 2.50 bits per heavy atom. The molecule has 0 aliphatic heterocycles. The highest BCUT2D eigenvalue weighted by Crippen LogP contribution is 2.32. The molecule has 1 aliphatic carbocycles. The van der Waals surface area contributed by atoms with Gasteiger partial charge >= 0.3 is 0 Å². The van der Waals surface area contributed by atoms with Gasteiger partial charge in [-0.05, 0) is 55.2 Å². The number of para-hydroxylation sites is 1. The largest absolute Gasteiger partial charge is 0.492 e. The molecule has 7 heteroatoms. The van der Waals surface area contributed by atoms with E-state index in [1.165, 1.54) is 24.2 Å². The normalized spacial score (nSPS) is 13.8. The van der Waals surface area contributed by atoms with Crippen molar-refractivity contribution in [1.82, 2.24) is 9.88 Å². The first-order chi connectivity index (χ1) is 14.8. The molecule has 1 saturated carbocycles. The minimum Gasteiger partial charge on any atom is -0.492 e. The lowest BCUT2D eigenvalue weighted by atomic mass is 10.3. The van der Waals surface area contributed by atoms with E-state index in [1.54, 1.807) is 0 Å². The highest BCUT2D eigenvalue weighted by Gasteiger charge is 2.24. The molecule has 2 aromatic carbocycles. The molecule has 1 aromatic heterocycles. The van der Waals surface area contributed by atoms with Gasteiger partial charge in [-0.3, -0.25) is 4.90 Å². The van der Waals surface area contributed by atoms with Crippen LogP contribution in [0.4, 0.5) is 0 Å². The van der Waals surface area contributed by atoms with E-state index in [0.717, 1.165) is 47.3 Å². The number of hydrogen-bond acceptors (Lipinski definition) is 7. The van der Waals surface area contributed by atoms with Crippen LogP contribution in [0.3, 0.4) is 0 Å². The molecule has 1 N–H and O–H groups in total. The van der Waals surface area contributed by atoms with Crippen LogP contribution in [0, 0.1) is 5.92 Å². The third-order valence-electron chi connectivity index (χ3n) is 4.98. The molecule has 6 nitrogen and oxygen atoms in total. The van der Waals surface area contributed by atoms with Crippen molar-refractivity contribution in [3.63, 3.8) is 0 Å². The maximum Gasteiger partial charge on any atom is 0.279 e. The third-order valence-corrected chi connectivity index (χ3v) is 5.89. The van der Waals surface area contributed by atoms with E-state index in [0.29, 0.717) is 25.0 Å². The van der Waals surface area contributed by atoms with Crippen LogP contribution < -0.4 is 9.47 Å². The molecule has 1 fully saturated rings. The van der Waals surface area contributed by atoms with Gasteiger partial charge in [0.2, 0.25) is 0 Å². The average molecular weight is 429 g/mol. The van der Waals surface area contributed by atoms with E-state index in [9.17, 15) is 0 Å². The molecule has 1 aliphatic rings. The Morgan fingerprint density at radius 1 is 0.967 bits per heavy atom. The molecule has 3 aromatic rings. The first-order valence-electron chi connectivity index (χ1n) is 10.5. The average Bonchev–Trinajstić information content (AvgIpc) is 3.48. The molecule has 0 saturated heterocycles. The molecule has 1 heterocycles. The predicted molar refractivity (Wildman–Crippen MR) is 119 cm³/mol. The summed E-state index contributed by atoms with van der Waals surface area (Å²) in [6.45, 7) is 4.58. The second-order valence-electron chi connectivity index (χ2n) is 7.45. The zero-order chi connectivity index (χ0) is 20.6. The summed E-state index contributed by atoms with van der Waals surface area (Å²) in [4.78, 5) is 6.89. The summed E-state index contributed by atoms with van der Waals surface area (Å²) in [6, 6.07) is 15.7. The van der Waals surface area contributed by atoms with Crippen LogP contribution in [0.5, 0.6) is 16.7 Å². The zero-order valence-electron chi connectivity index (χ0n) is 17.0. The van der Waals surface area contributed by atoms with Gasteiger partial charge in [-0.25, -0.2) is 4.98 Å². The van der Waals surface area contributed by atoms with Crippen LogP contribution in [-0.2, 0) is 4.74 Å². The summed E-state index contributed by atoms with van der Waals surface area (Å²) in [6.07, 6.45) is 2.65. The van der Waals surface area contributed by atoms with Gasteiger partial charge in [-0.15, -0.1) is 0 Å².